The Labute approximate surface area is 158 Å². The number of methoxy groups -OCH3 is 1. The maximum absolute atomic E-state index is 13.0. The topological polar surface area (TPSA) is 54.5 Å². The molecule has 1 aliphatic rings. The fraction of sp³-hybridized carbons (Fsp3) is 0.182. The van der Waals surface area contributed by atoms with Gasteiger partial charge in [-0.2, -0.15) is 0 Å². The van der Waals surface area contributed by atoms with Crippen LogP contribution in [0.5, 0.6) is 5.75 Å². The minimum Gasteiger partial charge on any atom is -0.497 e. The van der Waals surface area contributed by atoms with Crippen molar-refractivity contribution in [3.8, 4) is 5.75 Å². The van der Waals surface area contributed by atoms with Crippen molar-refractivity contribution in [1.82, 2.24) is 4.98 Å². The van der Waals surface area contributed by atoms with Crippen LogP contribution in [0.25, 0.3) is 0 Å². The summed E-state index contributed by atoms with van der Waals surface area (Å²) in [6, 6.07) is 19.2. The van der Waals surface area contributed by atoms with Crippen molar-refractivity contribution < 1.29 is 9.53 Å². The van der Waals surface area contributed by atoms with Crippen LogP contribution < -0.4 is 15.0 Å². The number of anilines is 3. The van der Waals surface area contributed by atoms with Crippen LogP contribution in [0, 0.1) is 0 Å². The molecule has 0 aliphatic carbocycles. The number of para-hydroxylation sites is 1. The highest BCUT2D eigenvalue weighted by Gasteiger charge is 2.23. The Morgan fingerprint density at radius 1 is 1.11 bits per heavy atom. The third-order valence-corrected chi connectivity index (χ3v) is 4.72. The molecule has 2 heterocycles. The quantitative estimate of drug-likeness (QED) is 0.749. The van der Waals surface area contributed by atoms with Gasteiger partial charge < -0.3 is 15.0 Å². The number of carbonyl (C=O) groups is 1. The monoisotopic (exact) mass is 359 g/mol. The molecule has 5 heteroatoms. The number of benzene rings is 2. The summed E-state index contributed by atoms with van der Waals surface area (Å²) in [5, 5.41) is 2.95. The van der Waals surface area contributed by atoms with Gasteiger partial charge in [0.25, 0.3) is 5.91 Å². The number of amides is 1. The SMILES string of the molecule is COc1cccc(NC(=O)c2cccnc2N2CCCc3ccccc32)c1. The van der Waals surface area contributed by atoms with Crippen molar-refractivity contribution in [3.63, 3.8) is 0 Å². The number of hydrogen-bond donors (Lipinski definition) is 1. The summed E-state index contributed by atoms with van der Waals surface area (Å²) in [6.45, 7) is 0.841. The first kappa shape index (κ1) is 17.1. The standard InChI is InChI=1S/C22H21N3O2/c1-27-18-10-4-9-17(15-18)24-22(26)19-11-5-13-23-21(19)25-14-6-8-16-7-2-3-12-20(16)25/h2-5,7,9-13,15H,6,8,14H2,1H3,(H,24,26). The first-order valence-corrected chi connectivity index (χ1v) is 9.02. The van der Waals surface area contributed by atoms with E-state index in [1.165, 1.54) is 5.56 Å². The Morgan fingerprint density at radius 2 is 2.00 bits per heavy atom. The van der Waals surface area contributed by atoms with E-state index >= 15 is 0 Å². The highest BCUT2D eigenvalue weighted by Crippen LogP contribution is 2.34. The fourth-order valence-electron chi connectivity index (χ4n) is 3.44. The molecular formula is C22H21N3O2. The van der Waals surface area contributed by atoms with Gasteiger partial charge in [-0.05, 0) is 48.7 Å². The molecule has 3 aromatic rings. The molecule has 136 valence electrons. The van der Waals surface area contributed by atoms with Crippen molar-refractivity contribution in [2.24, 2.45) is 0 Å². The minimum absolute atomic E-state index is 0.186. The fourth-order valence-corrected chi connectivity index (χ4v) is 3.44. The molecule has 4 rings (SSSR count). The molecular weight excluding hydrogens is 338 g/mol. The maximum atomic E-state index is 13.0. The van der Waals surface area contributed by atoms with Crippen LogP contribution in [0.15, 0.2) is 66.9 Å². The van der Waals surface area contributed by atoms with Crippen molar-refractivity contribution in [2.45, 2.75) is 12.8 Å². The average Bonchev–Trinajstić information content (AvgIpc) is 2.73. The smallest absolute Gasteiger partial charge is 0.259 e. The normalized spacial score (nSPS) is 13.0. The summed E-state index contributed by atoms with van der Waals surface area (Å²) < 4.78 is 5.23. The van der Waals surface area contributed by atoms with Crippen LogP contribution in [0.1, 0.15) is 22.3 Å². The van der Waals surface area contributed by atoms with E-state index in [2.05, 4.69) is 33.4 Å². The molecule has 5 nitrogen and oxygen atoms in total. The van der Waals surface area contributed by atoms with E-state index in [1.807, 2.05) is 30.3 Å². The van der Waals surface area contributed by atoms with E-state index in [4.69, 9.17) is 4.74 Å². The highest BCUT2D eigenvalue weighted by atomic mass is 16.5. The average molecular weight is 359 g/mol. The molecule has 0 spiro atoms. The number of ether oxygens (including phenoxy) is 1. The zero-order valence-corrected chi connectivity index (χ0v) is 15.2. The van der Waals surface area contributed by atoms with Gasteiger partial charge in [0.05, 0.1) is 12.7 Å². The predicted molar refractivity (Wildman–Crippen MR) is 107 cm³/mol. The molecule has 1 N–H and O–H groups in total. The van der Waals surface area contributed by atoms with Crippen molar-refractivity contribution >= 4 is 23.1 Å². The number of pyridine rings is 1. The van der Waals surface area contributed by atoms with E-state index in [1.54, 1.807) is 25.4 Å². The van der Waals surface area contributed by atoms with Gasteiger partial charge in [-0.3, -0.25) is 4.79 Å². The van der Waals surface area contributed by atoms with Crippen molar-refractivity contribution in [2.75, 3.05) is 23.9 Å². The number of fused-ring (bicyclic) bond motifs is 1. The van der Waals surface area contributed by atoms with Crippen LogP contribution in [-0.4, -0.2) is 24.5 Å². The lowest BCUT2D eigenvalue weighted by atomic mass is 10.0. The van der Waals surface area contributed by atoms with Crippen molar-refractivity contribution in [1.29, 1.82) is 0 Å². The van der Waals surface area contributed by atoms with Crippen LogP contribution in [-0.2, 0) is 6.42 Å². The minimum atomic E-state index is -0.186. The van der Waals surface area contributed by atoms with Gasteiger partial charge in [-0.15, -0.1) is 0 Å². The van der Waals surface area contributed by atoms with E-state index in [0.29, 0.717) is 22.8 Å². The molecule has 0 fully saturated rings. The van der Waals surface area contributed by atoms with Gasteiger partial charge in [-0.25, -0.2) is 4.98 Å². The van der Waals surface area contributed by atoms with E-state index in [9.17, 15) is 4.79 Å². The number of aryl methyl sites for hydroxylation is 1. The number of nitrogens with one attached hydrogen (secondary N) is 1. The van der Waals surface area contributed by atoms with Gasteiger partial charge in [0, 0.05) is 30.2 Å². The van der Waals surface area contributed by atoms with Crippen LogP contribution in [0.4, 0.5) is 17.2 Å². The molecule has 0 unspecified atom stereocenters. The third-order valence-electron chi connectivity index (χ3n) is 4.72. The van der Waals surface area contributed by atoms with Gasteiger partial charge in [0.2, 0.25) is 0 Å². The molecule has 1 amide bonds. The van der Waals surface area contributed by atoms with Gasteiger partial charge in [0.1, 0.15) is 11.6 Å². The second-order valence-corrected chi connectivity index (χ2v) is 6.44. The molecule has 2 aromatic carbocycles. The first-order valence-electron chi connectivity index (χ1n) is 9.02. The first-order chi connectivity index (χ1) is 13.3. The molecule has 0 atom stereocenters. The number of carbonyl (C=O) groups excluding carboxylic acids is 1. The van der Waals surface area contributed by atoms with Crippen molar-refractivity contribution in [3.05, 3.63) is 78.0 Å². The molecule has 0 bridgehead atoms. The number of nitrogens with zero attached hydrogens (tertiary/aromatic N) is 2. The lowest BCUT2D eigenvalue weighted by Crippen LogP contribution is -2.28. The lowest BCUT2D eigenvalue weighted by Gasteiger charge is -2.31. The number of rotatable bonds is 4. The van der Waals surface area contributed by atoms with Crippen LogP contribution in [0.2, 0.25) is 0 Å². The highest BCUT2D eigenvalue weighted by molar-refractivity contribution is 6.08. The second-order valence-electron chi connectivity index (χ2n) is 6.44. The molecule has 1 aromatic heterocycles. The summed E-state index contributed by atoms with van der Waals surface area (Å²) in [6.07, 6.45) is 3.81. The summed E-state index contributed by atoms with van der Waals surface area (Å²) in [7, 11) is 1.61. The van der Waals surface area contributed by atoms with E-state index < -0.39 is 0 Å². The third kappa shape index (κ3) is 3.49. The Balaban J connectivity index is 1.67. The maximum Gasteiger partial charge on any atom is 0.259 e. The molecule has 0 saturated heterocycles. The van der Waals surface area contributed by atoms with Gasteiger partial charge >= 0.3 is 0 Å². The number of aromatic nitrogens is 1. The summed E-state index contributed by atoms with van der Waals surface area (Å²) in [5.41, 5.74) is 3.65. The van der Waals surface area contributed by atoms with Gasteiger partial charge in [-0.1, -0.05) is 24.3 Å². The Kier molecular flexibility index (Phi) is 4.75. The zero-order valence-electron chi connectivity index (χ0n) is 15.2. The van der Waals surface area contributed by atoms with Gasteiger partial charge in [0.15, 0.2) is 0 Å². The Bertz CT molecular complexity index is 971. The second kappa shape index (κ2) is 7.50. The molecule has 1 aliphatic heterocycles. The summed E-state index contributed by atoms with van der Waals surface area (Å²) in [5.74, 6) is 1.20. The molecule has 27 heavy (non-hydrogen) atoms. The van der Waals surface area contributed by atoms with E-state index in [-0.39, 0.29) is 5.91 Å². The largest absolute Gasteiger partial charge is 0.497 e. The lowest BCUT2D eigenvalue weighted by molar-refractivity contribution is 0.102. The van der Waals surface area contributed by atoms with Crippen LogP contribution >= 0.6 is 0 Å². The Hall–Kier alpha value is -3.34. The zero-order chi connectivity index (χ0) is 18.6. The van der Waals surface area contributed by atoms with E-state index in [0.717, 1.165) is 25.1 Å². The summed E-state index contributed by atoms with van der Waals surface area (Å²) >= 11 is 0. The Morgan fingerprint density at radius 3 is 2.89 bits per heavy atom. The summed E-state index contributed by atoms with van der Waals surface area (Å²) in [4.78, 5) is 19.6. The molecule has 0 saturated carbocycles. The van der Waals surface area contributed by atoms with Crippen LogP contribution in [0.3, 0.4) is 0 Å². The molecule has 0 radical (unpaired) electrons. The predicted octanol–water partition coefficient (Wildman–Crippen LogP) is 4.43. The number of hydrogen-bond acceptors (Lipinski definition) is 4.